The summed E-state index contributed by atoms with van der Waals surface area (Å²) >= 11 is 5.51. The number of aryl methyl sites for hydroxylation is 1. The molecule has 0 bridgehead atoms. The molecule has 1 aromatic rings. The maximum Gasteiger partial charge on any atom is 0.352 e. The number of carboxylic acid groups (broad SMARTS) is 1. The Hall–Kier alpha value is -1.46. The molecule has 3 aliphatic heterocycles. The first-order valence-corrected chi connectivity index (χ1v) is 14.4. The number of β-lactam (4-membered cyclic amide) rings is 1. The second kappa shape index (κ2) is 9.80. The maximum atomic E-state index is 12.7. The Bertz CT molecular complexity index is 1040. The van der Waals surface area contributed by atoms with Crippen molar-refractivity contribution in [1.82, 2.24) is 25.7 Å². The first kappa shape index (κ1) is 23.7. The van der Waals surface area contributed by atoms with E-state index in [1.165, 1.54) is 46.6 Å². The highest BCUT2D eigenvalue weighted by Gasteiger charge is 2.54. The summed E-state index contributed by atoms with van der Waals surface area (Å²) in [7, 11) is -2.06. The molecule has 4 rings (SSSR count). The third-order valence-electron chi connectivity index (χ3n) is 4.72. The number of carbonyl (C=O) groups excluding carboxylic acids is 3. The molecule has 0 aliphatic carbocycles. The van der Waals surface area contributed by atoms with Crippen LogP contribution in [0.4, 0.5) is 0 Å². The van der Waals surface area contributed by atoms with Crippen molar-refractivity contribution in [2.45, 2.75) is 28.1 Å². The predicted octanol–water partition coefficient (Wildman–Crippen LogP) is -0.427. The molecule has 3 aliphatic rings. The number of thioether (sulfide) groups is 3. The number of carbonyl (C=O) groups is 4. The van der Waals surface area contributed by atoms with Crippen molar-refractivity contribution in [3.05, 3.63) is 16.3 Å². The zero-order chi connectivity index (χ0) is 23.0. The number of hydrogen-bond acceptors (Lipinski definition) is 12. The van der Waals surface area contributed by atoms with E-state index in [9.17, 15) is 28.5 Å². The van der Waals surface area contributed by atoms with Gasteiger partial charge in [-0.2, -0.15) is 0 Å². The van der Waals surface area contributed by atoms with E-state index < -0.39 is 50.5 Å². The zero-order valence-corrected chi connectivity index (χ0v) is 20.5. The summed E-state index contributed by atoms with van der Waals surface area (Å²) in [5.41, 5.74) is 0.455. The van der Waals surface area contributed by atoms with Gasteiger partial charge in [-0.15, -0.1) is 33.7 Å². The Morgan fingerprint density at radius 2 is 2.16 bits per heavy atom. The topological polar surface area (TPSA) is 159 Å². The van der Waals surface area contributed by atoms with E-state index in [1.54, 1.807) is 0 Å². The van der Waals surface area contributed by atoms with Crippen LogP contribution in [0.3, 0.4) is 0 Å². The van der Waals surface area contributed by atoms with Crippen LogP contribution in [0, 0.1) is 6.92 Å². The number of rotatable bonds is 6. The highest BCUT2D eigenvalue weighted by molar-refractivity contribution is 8.05. The smallest absolute Gasteiger partial charge is 0.352 e. The summed E-state index contributed by atoms with van der Waals surface area (Å²) in [6.45, 7) is 1.82. The second-order valence-corrected chi connectivity index (χ2v) is 12.9. The van der Waals surface area contributed by atoms with Crippen LogP contribution in [0.1, 0.15) is 5.01 Å². The van der Waals surface area contributed by atoms with Crippen molar-refractivity contribution in [3.8, 4) is 0 Å². The molecule has 1 aromatic heterocycles. The van der Waals surface area contributed by atoms with Crippen molar-refractivity contribution >= 4 is 80.3 Å². The minimum absolute atomic E-state index is 0.111. The normalized spacial score (nSPS) is 25.8. The number of carboxylic acids is 1. The fourth-order valence-electron chi connectivity index (χ4n) is 3.21. The third kappa shape index (κ3) is 4.61. The molecule has 16 heteroatoms. The number of nitrogens with one attached hydrogen (secondary N) is 2. The number of fused-ring (bicyclic) bond motifs is 1. The molecule has 4 heterocycles. The number of nitrogens with zero attached hydrogens (tertiary/aromatic N) is 3. The lowest BCUT2D eigenvalue weighted by molar-refractivity contribution is -0.151. The predicted molar refractivity (Wildman–Crippen MR) is 122 cm³/mol. The molecule has 0 spiro atoms. The lowest BCUT2D eigenvalue weighted by Crippen LogP contribution is -2.71. The summed E-state index contributed by atoms with van der Waals surface area (Å²) in [4.78, 5) is 50.2. The van der Waals surface area contributed by atoms with E-state index in [-0.39, 0.29) is 5.70 Å². The van der Waals surface area contributed by atoms with Crippen LogP contribution in [-0.2, 0) is 30.0 Å². The highest BCUT2D eigenvalue weighted by Crippen LogP contribution is 2.41. The minimum atomic E-state index is -2.06. The molecule has 0 aromatic carbocycles. The van der Waals surface area contributed by atoms with Crippen LogP contribution in [0.5, 0.6) is 0 Å². The van der Waals surface area contributed by atoms with Crippen LogP contribution in [0.15, 0.2) is 15.6 Å². The summed E-state index contributed by atoms with van der Waals surface area (Å²) in [6.07, 6.45) is 0. The fraction of sp³-hybridized carbons (Fsp3) is 0.500. The second-order valence-electron chi connectivity index (χ2n) is 6.79. The van der Waals surface area contributed by atoms with Gasteiger partial charge in [0.2, 0.25) is 0 Å². The largest absolute Gasteiger partial charge is 0.477 e. The minimum Gasteiger partial charge on any atom is -0.477 e. The molecule has 2 fully saturated rings. The van der Waals surface area contributed by atoms with E-state index >= 15 is 0 Å². The fourth-order valence-corrected chi connectivity index (χ4v) is 8.91. The molecule has 11 nitrogen and oxygen atoms in total. The van der Waals surface area contributed by atoms with Gasteiger partial charge in [-0.25, -0.2) is 9.00 Å². The number of amides is 2. The van der Waals surface area contributed by atoms with Gasteiger partial charge in [0.15, 0.2) is 4.34 Å². The molecule has 0 saturated carbocycles. The van der Waals surface area contributed by atoms with Gasteiger partial charge in [0.05, 0.1) is 0 Å². The SMILES string of the molecule is Cc1nnc(SCC2=C(C(=O)O)N3C(=O)C(NC(=O)C(=O)S(=O)C4CSCN4)[C@@H]3SC2)s1. The molecule has 2 saturated heterocycles. The molecule has 4 atom stereocenters. The van der Waals surface area contributed by atoms with Crippen LogP contribution >= 0.6 is 46.6 Å². The van der Waals surface area contributed by atoms with E-state index in [1.807, 2.05) is 6.92 Å². The Kier molecular flexibility index (Phi) is 7.26. The van der Waals surface area contributed by atoms with Gasteiger partial charge in [-0.05, 0) is 12.5 Å². The zero-order valence-electron chi connectivity index (χ0n) is 16.4. The van der Waals surface area contributed by atoms with Crippen molar-refractivity contribution in [3.63, 3.8) is 0 Å². The van der Waals surface area contributed by atoms with Crippen molar-refractivity contribution in [2.75, 3.05) is 23.1 Å². The lowest BCUT2D eigenvalue weighted by Gasteiger charge is -2.49. The van der Waals surface area contributed by atoms with Gasteiger partial charge in [0, 0.05) is 23.1 Å². The van der Waals surface area contributed by atoms with Crippen molar-refractivity contribution in [2.24, 2.45) is 0 Å². The van der Waals surface area contributed by atoms with Gasteiger partial charge in [0.25, 0.3) is 5.91 Å². The third-order valence-corrected chi connectivity index (χ3v) is 10.7. The van der Waals surface area contributed by atoms with Crippen LogP contribution in [0.25, 0.3) is 0 Å². The Balaban J connectivity index is 1.42. The Morgan fingerprint density at radius 1 is 1.38 bits per heavy atom. The number of aliphatic carboxylic acids is 1. The van der Waals surface area contributed by atoms with Crippen LogP contribution in [-0.4, -0.2) is 87.2 Å². The molecule has 172 valence electrons. The molecular weight excluding hydrogens is 519 g/mol. The monoisotopic (exact) mass is 535 g/mol. The average Bonchev–Trinajstić information content (AvgIpc) is 3.45. The standard InChI is InChI=1S/C16H17N5O6S5/c1-6-19-20-16(31-6)30-3-7-2-29-13-9(12(23)21(13)10(7)14(24)25)18-11(22)15(26)32(27)8-4-28-5-17-8/h8-9,13,17H,2-5H2,1H3,(H,18,22)(H,24,25)/t8?,9?,13-,32?/m0/s1. The van der Waals surface area contributed by atoms with E-state index in [2.05, 4.69) is 20.8 Å². The molecule has 32 heavy (non-hydrogen) atoms. The van der Waals surface area contributed by atoms with E-state index in [0.717, 1.165) is 9.91 Å². The molecule has 3 N–H and O–H groups in total. The molecule has 3 unspecified atom stereocenters. The maximum absolute atomic E-state index is 12.7. The quantitative estimate of drug-likeness (QED) is 0.246. The Morgan fingerprint density at radius 3 is 2.78 bits per heavy atom. The van der Waals surface area contributed by atoms with Gasteiger partial charge < -0.3 is 10.4 Å². The van der Waals surface area contributed by atoms with Crippen LogP contribution < -0.4 is 10.6 Å². The summed E-state index contributed by atoms with van der Waals surface area (Å²) in [5.74, 6) is -1.28. The molecular formula is C16H17N5O6S5. The van der Waals surface area contributed by atoms with Crippen LogP contribution in [0.2, 0.25) is 0 Å². The summed E-state index contributed by atoms with van der Waals surface area (Å²) < 4.78 is 12.9. The van der Waals surface area contributed by atoms with Gasteiger partial charge >= 0.3 is 17.0 Å². The van der Waals surface area contributed by atoms with Crippen molar-refractivity contribution < 1.29 is 28.5 Å². The van der Waals surface area contributed by atoms with E-state index in [4.69, 9.17) is 0 Å². The molecule has 2 amide bonds. The highest BCUT2D eigenvalue weighted by atomic mass is 32.2. The first-order chi connectivity index (χ1) is 15.3. The Labute approximate surface area is 201 Å². The molecule has 0 radical (unpaired) electrons. The van der Waals surface area contributed by atoms with E-state index in [0.29, 0.717) is 33.0 Å². The average molecular weight is 536 g/mol. The summed E-state index contributed by atoms with van der Waals surface area (Å²) in [5, 5.41) is 21.3. The van der Waals surface area contributed by atoms with Gasteiger partial charge in [-0.1, -0.05) is 23.1 Å². The number of hydrogen-bond donors (Lipinski definition) is 3. The van der Waals surface area contributed by atoms with Gasteiger partial charge in [0.1, 0.15) is 38.3 Å². The number of aromatic nitrogens is 2. The summed E-state index contributed by atoms with van der Waals surface area (Å²) in [6, 6.07) is -1.05. The van der Waals surface area contributed by atoms with Crippen molar-refractivity contribution in [1.29, 1.82) is 0 Å². The lowest BCUT2D eigenvalue weighted by atomic mass is 10.0. The van der Waals surface area contributed by atoms with Gasteiger partial charge in [-0.3, -0.25) is 24.6 Å². The first-order valence-electron chi connectivity index (χ1n) is 9.17.